The molecule has 1 aromatic carbocycles. The van der Waals surface area contributed by atoms with E-state index in [1.54, 1.807) is 0 Å². The van der Waals surface area contributed by atoms with Crippen molar-refractivity contribution in [3.63, 3.8) is 0 Å². The first-order valence-electron chi connectivity index (χ1n) is 5.98. The number of nitrogens with one attached hydrogen (secondary N) is 1. The first-order chi connectivity index (χ1) is 10.0. The third-order valence-electron chi connectivity index (χ3n) is 2.55. The van der Waals surface area contributed by atoms with Crippen LogP contribution in [0.15, 0.2) is 18.2 Å². The van der Waals surface area contributed by atoms with Crippen LogP contribution in [0.5, 0.6) is 0 Å². The van der Waals surface area contributed by atoms with Crippen LogP contribution in [0.3, 0.4) is 0 Å². The molecule has 6 nitrogen and oxygen atoms in total. The highest BCUT2D eigenvalue weighted by Gasteiger charge is 2.32. The fourth-order valence-corrected chi connectivity index (χ4v) is 1.69. The van der Waals surface area contributed by atoms with Crippen LogP contribution in [0.4, 0.5) is 18.9 Å². The average molecular weight is 318 g/mol. The fraction of sp³-hybridized carbons (Fsp3) is 0.308. The van der Waals surface area contributed by atoms with Crippen molar-refractivity contribution >= 4 is 23.5 Å². The molecule has 0 atom stereocenters. The van der Waals surface area contributed by atoms with Crippen LogP contribution in [0.1, 0.15) is 22.8 Å². The van der Waals surface area contributed by atoms with Crippen LogP contribution in [0.25, 0.3) is 0 Å². The molecule has 22 heavy (non-hydrogen) atoms. The minimum absolute atomic E-state index is 0.200. The number of likely N-dealkylation sites (N-methyl/N-ethyl adjacent to an activating group) is 1. The van der Waals surface area contributed by atoms with Crippen molar-refractivity contribution in [2.24, 2.45) is 0 Å². The van der Waals surface area contributed by atoms with Crippen LogP contribution in [0, 0.1) is 0 Å². The Morgan fingerprint density at radius 2 is 1.82 bits per heavy atom. The normalized spacial score (nSPS) is 11.0. The first-order valence-corrected chi connectivity index (χ1v) is 5.98. The zero-order valence-corrected chi connectivity index (χ0v) is 11.7. The lowest BCUT2D eigenvalue weighted by Crippen LogP contribution is -2.32. The molecule has 0 aliphatic rings. The van der Waals surface area contributed by atoms with E-state index in [9.17, 15) is 27.6 Å². The molecule has 0 saturated heterocycles. The number of nitrogens with zero attached hydrogens (tertiary/aromatic N) is 1. The standard InChI is InChI=1S/C13H13F3N2O4/c1-7(19)17-10-4-8(3-9(5-10)13(14,15)16)12(22)18(2)6-11(20)21/h3-5H,6H2,1-2H3,(H,17,19)(H,20,21). The summed E-state index contributed by atoms with van der Waals surface area (Å²) in [5, 5.41) is 10.8. The molecule has 9 heteroatoms. The lowest BCUT2D eigenvalue weighted by Gasteiger charge is -2.17. The highest BCUT2D eigenvalue weighted by Crippen LogP contribution is 2.32. The van der Waals surface area contributed by atoms with Crippen molar-refractivity contribution in [2.75, 3.05) is 18.9 Å². The lowest BCUT2D eigenvalue weighted by molar-refractivity contribution is -0.138. The van der Waals surface area contributed by atoms with Gasteiger partial charge in [-0.1, -0.05) is 0 Å². The van der Waals surface area contributed by atoms with Gasteiger partial charge in [0.1, 0.15) is 6.54 Å². The summed E-state index contributed by atoms with van der Waals surface area (Å²) in [6, 6.07) is 2.35. The van der Waals surface area contributed by atoms with Gasteiger partial charge in [0.05, 0.1) is 5.56 Å². The smallest absolute Gasteiger partial charge is 0.416 e. The van der Waals surface area contributed by atoms with Gasteiger partial charge >= 0.3 is 12.1 Å². The molecule has 0 spiro atoms. The number of rotatable bonds is 4. The molecular weight excluding hydrogens is 305 g/mol. The van der Waals surface area contributed by atoms with E-state index < -0.39 is 36.1 Å². The Balaban J connectivity index is 3.25. The summed E-state index contributed by atoms with van der Waals surface area (Å²) in [5.74, 6) is -2.80. The van der Waals surface area contributed by atoms with Crippen LogP contribution < -0.4 is 5.32 Å². The zero-order chi connectivity index (χ0) is 17.1. The summed E-state index contributed by atoms with van der Waals surface area (Å²) in [5.41, 5.74) is -1.69. The van der Waals surface area contributed by atoms with E-state index >= 15 is 0 Å². The van der Waals surface area contributed by atoms with Crippen molar-refractivity contribution in [3.05, 3.63) is 29.3 Å². The van der Waals surface area contributed by atoms with E-state index in [0.29, 0.717) is 12.1 Å². The molecule has 0 heterocycles. The molecule has 120 valence electrons. The number of carbonyl (C=O) groups is 3. The number of aliphatic carboxylic acids is 1. The molecule has 2 N–H and O–H groups in total. The van der Waals surface area contributed by atoms with Gasteiger partial charge in [0.15, 0.2) is 0 Å². The number of alkyl halides is 3. The van der Waals surface area contributed by atoms with Gasteiger partial charge in [0.25, 0.3) is 5.91 Å². The molecule has 0 bridgehead atoms. The zero-order valence-electron chi connectivity index (χ0n) is 11.7. The molecule has 0 aromatic heterocycles. The number of carboxylic acids is 1. The lowest BCUT2D eigenvalue weighted by atomic mass is 10.1. The third-order valence-corrected chi connectivity index (χ3v) is 2.55. The Labute approximate surface area is 123 Å². The maximum Gasteiger partial charge on any atom is 0.416 e. The maximum absolute atomic E-state index is 12.8. The summed E-state index contributed by atoms with van der Waals surface area (Å²) in [4.78, 5) is 34.3. The predicted octanol–water partition coefficient (Wildman–Crippen LogP) is 1.82. The van der Waals surface area contributed by atoms with Crippen LogP contribution >= 0.6 is 0 Å². The second-order valence-corrected chi connectivity index (χ2v) is 4.53. The summed E-state index contributed by atoms with van der Waals surface area (Å²) >= 11 is 0. The number of carbonyl (C=O) groups excluding carboxylic acids is 2. The minimum atomic E-state index is -4.71. The number of halogens is 3. The third kappa shape index (κ3) is 4.76. The quantitative estimate of drug-likeness (QED) is 0.886. The Kier molecular flexibility index (Phi) is 5.13. The Bertz CT molecular complexity index is 614. The van der Waals surface area contributed by atoms with E-state index in [1.807, 2.05) is 0 Å². The highest BCUT2D eigenvalue weighted by atomic mass is 19.4. The second kappa shape index (κ2) is 6.46. The van der Waals surface area contributed by atoms with Crippen molar-refractivity contribution in [1.29, 1.82) is 0 Å². The van der Waals surface area contributed by atoms with Crippen molar-refractivity contribution in [2.45, 2.75) is 13.1 Å². The minimum Gasteiger partial charge on any atom is -0.480 e. The van der Waals surface area contributed by atoms with Gasteiger partial charge in [-0.05, 0) is 18.2 Å². The molecule has 0 saturated carbocycles. The molecule has 2 amide bonds. The monoisotopic (exact) mass is 318 g/mol. The van der Waals surface area contributed by atoms with Gasteiger partial charge in [-0.2, -0.15) is 13.2 Å². The van der Waals surface area contributed by atoms with Crippen LogP contribution in [-0.4, -0.2) is 41.4 Å². The van der Waals surface area contributed by atoms with E-state index in [-0.39, 0.29) is 11.3 Å². The van der Waals surface area contributed by atoms with Gasteiger partial charge in [-0.3, -0.25) is 14.4 Å². The number of hydrogen-bond donors (Lipinski definition) is 2. The van der Waals surface area contributed by atoms with Gasteiger partial charge in [0.2, 0.25) is 5.91 Å². The summed E-state index contributed by atoms with van der Waals surface area (Å²) in [6.45, 7) is 0.447. The predicted molar refractivity (Wildman–Crippen MR) is 70.3 cm³/mol. The molecule has 0 aliphatic heterocycles. The van der Waals surface area contributed by atoms with Crippen LogP contribution in [0.2, 0.25) is 0 Å². The molecule has 1 aromatic rings. The molecule has 0 fully saturated rings. The number of carboxylic acid groups (broad SMARTS) is 1. The number of hydrogen-bond acceptors (Lipinski definition) is 3. The van der Waals surface area contributed by atoms with Gasteiger partial charge in [-0.25, -0.2) is 0 Å². The molecule has 0 unspecified atom stereocenters. The van der Waals surface area contributed by atoms with Gasteiger partial charge in [-0.15, -0.1) is 0 Å². The summed E-state index contributed by atoms with van der Waals surface area (Å²) in [7, 11) is 1.15. The van der Waals surface area contributed by atoms with Crippen molar-refractivity contribution < 1.29 is 32.7 Å². The highest BCUT2D eigenvalue weighted by molar-refractivity contribution is 5.98. The largest absolute Gasteiger partial charge is 0.480 e. The number of anilines is 1. The summed E-state index contributed by atoms with van der Waals surface area (Å²) < 4.78 is 38.5. The molecule has 0 radical (unpaired) electrons. The first kappa shape index (κ1) is 17.5. The number of amides is 2. The Morgan fingerprint density at radius 1 is 1.23 bits per heavy atom. The topological polar surface area (TPSA) is 86.7 Å². The molecular formula is C13H13F3N2O4. The van der Waals surface area contributed by atoms with Gasteiger partial charge < -0.3 is 15.3 Å². The molecule has 0 aliphatic carbocycles. The van der Waals surface area contributed by atoms with E-state index in [2.05, 4.69) is 5.32 Å². The maximum atomic E-state index is 12.8. The van der Waals surface area contributed by atoms with Crippen molar-refractivity contribution in [1.82, 2.24) is 4.90 Å². The summed E-state index contributed by atoms with van der Waals surface area (Å²) in [6.07, 6.45) is -4.71. The van der Waals surface area contributed by atoms with E-state index in [0.717, 1.165) is 24.9 Å². The van der Waals surface area contributed by atoms with E-state index in [1.165, 1.54) is 0 Å². The average Bonchev–Trinajstić information content (AvgIpc) is 2.34. The van der Waals surface area contributed by atoms with Crippen LogP contribution in [-0.2, 0) is 15.8 Å². The SMILES string of the molecule is CC(=O)Nc1cc(C(=O)N(C)CC(=O)O)cc(C(F)(F)F)c1. The molecule has 1 rings (SSSR count). The van der Waals surface area contributed by atoms with Gasteiger partial charge in [0, 0.05) is 25.2 Å². The fourth-order valence-electron chi connectivity index (χ4n) is 1.69. The number of benzene rings is 1. The second-order valence-electron chi connectivity index (χ2n) is 4.53. The Hall–Kier alpha value is -2.58. The van der Waals surface area contributed by atoms with E-state index in [4.69, 9.17) is 5.11 Å². The van der Waals surface area contributed by atoms with Crippen molar-refractivity contribution in [3.8, 4) is 0 Å². The Morgan fingerprint density at radius 3 is 2.27 bits per heavy atom.